The van der Waals surface area contributed by atoms with E-state index in [9.17, 15) is 22.0 Å². The fraction of sp³-hybridized carbons (Fsp3) is 0.632. The molecular formula is C19H28F2N2O4S. The van der Waals surface area contributed by atoms with Crippen molar-refractivity contribution in [2.75, 3.05) is 32.8 Å². The molecule has 9 heteroatoms. The lowest BCUT2D eigenvalue weighted by molar-refractivity contribution is -0.126. The minimum atomic E-state index is -4.13. The average Bonchev–Trinajstić information content (AvgIpc) is 2.66. The van der Waals surface area contributed by atoms with Gasteiger partial charge >= 0.3 is 0 Å². The van der Waals surface area contributed by atoms with E-state index >= 15 is 0 Å². The standard InChI is InChI=1S/C19H28F2N2O4S/c1-14(2)13-27-11-3-8-22-19(24)15-6-9-23(10-7-15)28(25,26)18-12-16(20)4-5-17(18)21/h4-5,12,14-15H,3,6-11,13H2,1-2H3,(H,22,24). The number of amides is 1. The Morgan fingerprint density at radius 1 is 1.29 bits per heavy atom. The number of carbonyl (C=O) groups excluding carboxylic acids is 1. The molecule has 1 aromatic rings. The van der Waals surface area contributed by atoms with Crippen LogP contribution in [0.4, 0.5) is 8.78 Å². The van der Waals surface area contributed by atoms with Crippen LogP contribution in [0.5, 0.6) is 0 Å². The van der Waals surface area contributed by atoms with E-state index in [2.05, 4.69) is 19.2 Å². The van der Waals surface area contributed by atoms with Crippen molar-refractivity contribution in [1.82, 2.24) is 9.62 Å². The molecule has 0 bridgehead atoms. The van der Waals surface area contributed by atoms with Crippen LogP contribution in [0.15, 0.2) is 23.1 Å². The summed E-state index contributed by atoms with van der Waals surface area (Å²) in [6.45, 7) is 6.08. The minimum absolute atomic E-state index is 0.0911. The minimum Gasteiger partial charge on any atom is -0.381 e. The zero-order valence-corrected chi connectivity index (χ0v) is 17.1. The van der Waals surface area contributed by atoms with Gasteiger partial charge in [-0.15, -0.1) is 0 Å². The molecule has 1 heterocycles. The van der Waals surface area contributed by atoms with Crippen molar-refractivity contribution in [2.45, 2.75) is 38.0 Å². The predicted molar refractivity (Wildman–Crippen MR) is 101 cm³/mol. The van der Waals surface area contributed by atoms with Crippen LogP contribution in [0, 0.1) is 23.5 Å². The Bertz CT molecular complexity index is 763. The fourth-order valence-corrected chi connectivity index (χ4v) is 4.57. The van der Waals surface area contributed by atoms with Gasteiger partial charge in [0.05, 0.1) is 0 Å². The Hall–Kier alpha value is -1.58. The summed E-state index contributed by atoms with van der Waals surface area (Å²) in [5, 5.41) is 2.85. The van der Waals surface area contributed by atoms with E-state index in [1.807, 2.05) is 0 Å². The van der Waals surface area contributed by atoms with Gasteiger partial charge in [-0.25, -0.2) is 17.2 Å². The van der Waals surface area contributed by atoms with Crippen molar-refractivity contribution in [1.29, 1.82) is 0 Å². The SMILES string of the molecule is CC(C)COCCCNC(=O)C1CCN(S(=O)(=O)c2cc(F)ccc2F)CC1. The molecule has 0 atom stereocenters. The summed E-state index contributed by atoms with van der Waals surface area (Å²) in [6, 6.07) is 2.36. The number of sulfonamides is 1. The van der Waals surface area contributed by atoms with Gasteiger partial charge in [0.15, 0.2) is 0 Å². The Balaban J connectivity index is 1.80. The first kappa shape index (κ1) is 22.7. The molecular weight excluding hydrogens is 390 g/mol. The highest BCUT2D eigenvalue weighted by Crippen LogP contribution is 2.26. The second-order valence-corrected chi connectivity index (χ2v) is 9.27. The lowest BCUT2D eigenvalue weighted by atomic mass is 9.97. The maximum absolute atomic E-state index is 13.9. The smallest absolute Gasteiger partial charge is 0.246 e. The Labute approximate surface area is 165 Å². The number of nitrogens with zero attached hydrogens (tertiary/aromatic N) is 1. The Morgan fingerprint density at radius 2 is 1.96 bits per heavy atom. The van der Waals surface area contributed by atoms with Crippen molar-refractivity contribution in [3.63, 3.8) is 0 Å². The number of benzene rings is 1. The van der Waals surface area contributed by atoms with E-state index in [-0.39, 0.29) is 24.9 Å². The lowest BCUT2D eigenvalue weighted by Gasteiger charge is -2.30. The molecule has 1 aromatic carbocycles. The van der Waals surface area contributed by atoms with Gasteiger partial charge in [0.1, 0.15) is 16.5 Å². The van der Waals surface area contributed by atoms with Gasteiger partial charge in [0, 0.05) is 38.8 Å². The van der Waals surface area contributed by atoms with Crippen molar-refractivity contribution in [3.8, 4) is 0 Å². The summed E-state index contributed by atoms with van der Waals surface area (Å²) < 4.78 is 58.9. The molecule has 0 unspecified atom stereocenters. The third-order valence-corrected chi connectivity index (χ3v) is 6.47. The number of piperidine rings is 1. The van der Waals surface area contributed by atoms with Crippen molar-refractivity contribution < 1.29 is 26.7 Å². The molecule has 1 aliphatic heterocycles. The van der Waals surface area contributed by atoms with Gasteiger partial charge in [-0.05, 0) is 43.4 Å². The lowest BCUT2D eigenvalue weighted by Crippen LogP contribution is -2.43. The van der Waals surface area contributed by atoms with Crippen LogP contribution in [-0.2, 0) is 19.6 Å². The predicted octanol–water partition coefficient (Wildman–Crippen LogP) is 2.54. The number of carbonyl (C=O) groups is 1. The maximum atomic E-state index is 13.9. The van der Waals surface area contributed by atoms with Crippen molar-refractivity contribution in [3.05, 3.63) is 29.8 Å². The first-order valence-electron chi connectivity index (χ1n) is 9.52. The molecule has 0 radical (unpaired) electrons. The van der Waals surface area contributed by atoms with Gasteiger partial charge in [-0.1, -0.05) is 13.8 Å². The van der Waals surface area contributed by atoms with E-state index in [0.717, 1.165) is 16.4 Å². The number of hydrogen-bond acceptors (Lipinski definition) is 4. The molecule has 28 heavy (non-hydrogen) atoms. The molecule has 1 saturated heterocycles. The monoisotopic (exact) mass is 418 g/mol. The molecule has 0 aromatic heterocycles. The summed E-state index contributed by atoms with van der Waals surface area (Å²) in [5.41, 5.74) is 0. The number of rotatable bonds is 9. The molecule has 1 fully saturated rings. The molecule has 158 valence electrons. The van der Waals surface area contributed by atoms with Gasteiger partial charge in [-0.2, -0.15) is 4.31 Å². The third-order valence-electron chi connectivity index (χ3n) is 4.55. The van der Waals surface area contributed by atoms with E-state index < -0.39 is 26.6 Å². The second kappa shape index (κ2) is 10.3. The van der Waals surface area contributed by atoms with Crippen molar-refractivity contribution >= 4 is 15.9 Å². The van der Waals surface area contributed by atoms with Crippen LogP contribution < -0.4 is 5.32 Å². The van der Waals surface area contributed by atoms with Gasteiger partial charge < -0.3 is 10.1 Å². The molecule has 0 aliphatic carbocycles. The van der Waals surface area contributed by atoms with Crippen LogP contribution in [0.3, 0.4) is 0 Å². The van der Waals surface area contributed by atoms with Crippen LogP contribution in [0.25, 0.3) is 0 Å². The zero-order valence-electron chi connectivity index (χ0n) is 16.3. The van der Waals surface area contributed by atoms with Gasteiger partial charge in [-0.3, -0.25) is 4.79 Å². The van der Waals surface area contributed by atoms with Crippen LogP contribution in [0.1, 0.15) is 33.1 Å². The summed E-state index contributed by atoms with van der Waals surface area (Å²) in [7, 11) is -4.13. The van der Waals surface area contributed by atoms with E-state index in [4.69, 9.17) is 4.74 Å². The molecule has 0 spiro atoms. The Morgan fingerprint density at radius 3 is 2.61 bits per heavy atom. The zero-order chi connectivity index (χ0) is 20.7. The maximum Gasteiger partial charge on any atom is 0.246 e. The third kappa shape index (κ3) is 6.22. The van der Waals surface area contributed by atoms with Crippen LogP contribution >= 0.6 is 0 Å². The van der Waals surface area contributed by atoms with E-state index in [1.165, 1.54) is 0 Å². The highest BCUT2D eigenvalue weighted by Gasteiger charge is 2.33. The number of nitrogens with one attached hydrogen (secondary N) is 1. The van der Waals surface area contributed by atoms with Crippen molar-refractivity contribution in [2.24, 2.45) is 11.8 Å². The molecule has 6 nitrogen and oxygen atoms in total. The molecule has 1 N–H and O–H groups in total. The Kier molecular flexibility index (Phi) is 8.33. The van der Waals surface area contributed by atoms with Gasteiger partial charge in [0.25, 0.3) is 0 Å². The molecule has 1 aliphatic rings. The highest BCUT2D eigenvalue weighted by atomic mass is 32.2. The summed E-state index contributed by atoms with van der Waals surface area (Å²) in [6.07, 6.45) is 1.39. The normalized spacial score (nSPS) is 16.5. The number of halogens is 2. The van der Waals surface area contributed by atoms with E-state index in [1.54, 1.807) is 0 Å². The van der Waals surface area contributed by atoms with Gasteiger partial charge in [0.2, 0.25) is 15.9 Å². The molecule has 2 rings (SSSR count). The summed E-state index contributed by atoms with van der Waals surface area (Å²) in [5.74, 6) is -1.73. The summed E-state index contributed by atoms with van der Waals surface area (Å²) in [4.78, 5) is 11.6. The largest absolute Gasteiger partial charge is 0.381 e. The van der Waals surface area contributed by atoms with Crippen LogP contribution in [-0.4, -0.2) is 51.5 Å². The fourth-order valence-electron chi connectivity index (χ4n) is 3.02. The quantitative estimate of drug-likeness (QED) is 0.626. The van der Waals surface area contributed by atoms with Crippen LogP contribution in [0.2, 0.25) is 0 Å². The number of hydrogen-bond donors (Lipinski definition) is 1. The first-order chi connectivity index (χ1) is 13.2. The van der Waals surface area contributed by atoms with E-state index in [0.29, 0.717) is 51.0 Å². The first-order valence-corrected chi connectivity index (χ1v) is 11.0. The highest BCUT2D eigenvalue weighted by molar-refractivity contribution is 7.89. The summed E-state index contributed by atoms with van der Waals surface area (Å²) >= 11 is 0. The second-order valence-electron chi connectivity index (χ2n) is 7.37. The molecule has 0 saturated carbocycles. The topological polar surface area (TPSA) is 75.7 Å². The molecule has 1 amide bonds. The number of ether oxygens (including phenoxy) is 1. The average molecular weight is 419 g/mol.